The molecule has 11 N–H and O–H groups in total. The van der Waals surface area contributed by atoms with Crippen molar-refractivity contribution in [3.05, 3.63) is 84.0 Å². The summed E-state index contributed by atoms with van der Waals surface area (Å²) in [6.07, 6.45) is 11.8. The van der Waals surface area contributed by atoms with Gasteiger partial charge in [0.05, 0.1) is 19.4 Å². The fraction of sp³-hybridized carbons (Fsp3) is 0.414. The highest BCUT2D eigenvalue weighted by Gasteiger charge is 2.05. The van der Waals surface area contributed by atoms with Crippen LogP contribution in [-0.2, 0) is 6.42 Å². The first-order valence-electron chi connectivity index (χ1n) is 14.1. The normalized spacial score (nSPS) is 11.1. The number of aliphatic hydroxyl groups excluding tert-OH is 2. The summed E-state index contributed by atoms with van der Waals surface area (Å²) < 4.78 is 0. The summed E-state index contributed by atoms with van der Waals surface area (Å²) in [5.74, 6) is 4.03. The monoisotopic (exact) mass is 630 g/mol. The van der Waals surface area contributed by atoms with Crippen molar-refractivity contribution in [1.82, 2.24) is 36.0 Å². The molecule has 3 aromatic heterocycles. The Kier molecular flexibility index (Phi) is 23.2. The smallest absolute Gasteiger partial charge is 0.268 e. The average molecular weight is 631 g/mol. The first-order valence-corrected chi connectivity index (χ1v) is 14.5. The predicted octanol–water partition coefficient (Wildman–Crippen LogP) is 0.246. The van der Waals surface area contributed by atoms with E-state index in [1.807, 2.05) is 38.3 Å². The third-order valence-corrected chi connectivity index (χ3v) is 6.01. The molecule has 0 radical (unpaired) electrons. The zero-order valence-electron chi connectivity index (χ0n) is 25.5. The van der Waals surface area contributed by atoms with Crippen molar-refractivity contribution in [3.8, 4) is 0 Å². The summed E-state index contributed by atoms with van der Waals surface area (Å²) in [6.45, 7) is 8.17. The predicted molar refractivity (Wildman–Crippen MR) is 174 cm³/mol. The van der Waals surface area contributed by atoms with E-state index in [0.29, 0.717) is 10.6 Å². The van der Waals surface area contributed by atoms with E-state index < -0.39 is 5.91 Å². The van der Waals surface area contributed by atoms with E-state index in [-0.39, 0.29) is 36.9 Å². The molecule has 0 aliphatic carbocycles. The fourth-order valence-corrected chi connectivity index (χ4v) is 3.19. The number of hydrazine groups is 1. The lowest BCUT2D eigenvalue weighted by Gasteiger charge is -2.17. The van der Waals surface area contributed by atoms with Crippen molar-refractivity contribution in [2.45, 2.75) is 52.1 Å². The van der Waals surface area contributed by atoms with Crippen LogP contribution in [0.4, 0.5) is 0 Å². The quantitative estimate of drug-likeness (QED) is 0.0416. The number of rotatable bonds is 13. The highest BCUT2D eigenvalue weighted by Crippen LogP contribution is 2.01. The lowest BCUT2D eigenvalue weighted by Crippen LogP contribution is -2.40. The third kappa shape index (κ3) is 18.5. The Morgan fingerprint density at radius 1 is 0.841 bits per heavy atom. The number of hydrogen-bond donors (Lipinski definition) is 8. The number of amides is 2. The van der Waals surface area contributed by atoms with Crippen LogP contribution in [-0.4, -0.2) is 85.3 Å². The van der Waals surface area contributed by atoms with Crippen LogP contribution >= 0.6 is 12.2 Å². The highest BCUT2D eigenvalue weighted by atomic mass is 32.1. The molecule has 0 saturated heterocycles. The van der Waals surface area contributed by atoms with E-state index >= 15 is 0 Å². The Balaban J connectivity index is 0.000000567. The number of nitrogen functional groups attached to an aromatic ring is 1. The van der Waals surface area contributed by atoms with Crippen molar-refractivity contribution in [3.63, 3.8) is 0 Å². The molecular formula is C29H46N10O4S. The number of primary amides is 1. The van der Waals surface area contributed by atoms with Crippen LogP contribution in [0.2, 0.25) is 0 Å². The Morgan fingerprint density at radius 3 is 1.80 bits per heavy atom. The maximum Gasteiger partial charge on any atom is 0.268 e. The number of aryl methyl sites for hydroxylation is 1. The fourth-order valence-electron chi connectivity index (χ4n) is 3.07. The topological polar surface area (TPSA) is 240 Å². The van der Waals surface area contributed by atoms with Gasteiger partial charge in [0, 0.05) is 73.0 Å². The van der Waals surface area contributed by atoms with Gasteiger partial charge in [-0.1, -0.05) is 33.0 Å². The molecule has 0 saturated carbocycles. The first kappa shape index (κ1) is 40.0. The maximum atomic E-state index is 10.7. The summed E-state index contributed by atoms with van der Waals surface area (Å²) in [7, 11) is 0. The largest absolute Gasteiger partial charge is 0.395 e. The number of carbonyl (C=O) groups excluding carboxylic acids is 2. The number of thiocarbonyl (C=S) groups is 1. The van der Waals surface area contributed by atoms with Crippen molar-refractivity contribution in [2.75, 3.05) is 26.3 Å². The van der Waals surface area contributed by atoms with Gasteiger partial charge < -0.3 is 32.3 Å². The second kappa shape index (κ2) is 25.5. The lowest BCUT2D eigenvalue weighted by atomic mass is 10.2. The van der Waals surface area contributed by atoms with Gasteiger partial charge in [-0.15, -0.1) is 0 Å². The van der Waals surface area contributed by atoms with Crippen molar-refractivity contribution in [2.24, 2.45) is 17.3 Å². The summed E-state index contributed by atoms with van der Waals surface area (Å²) in [6, 6.07) is 7.31. The molecule has 44 heavy (non-hydrogen) atoms. The molecule has 0 bridgehead atoms. The molecule has 3 heterocycles. The Hall–Kier alpha value is -3.99. The number of hydrogen-bond acceptors (Lipinski definition) is 12. The summed E-state index contributed by atoms with van der Waals surface area (Å²) in [4.78, 5) is 36.7. The minimum absolute atomic E-state index is 0.188. The lowest BCUT2D eigenvalue weighted by molar-refractivity contribution is 0.0952. The molecule has 0 fully saturated rings. The van der Waals surface area contributed by atoms with Gasteiger partial charge in [0.25, 0.3) is 11.8 Å². The number of aromatic nitrogens is 4. The zero-order valence-corrected chi connectivity index (χ0v) is 26.3. The summed E-state index contributed by atoms with van der Waals surface area (Å²) in [5, 5.41) is 24.3. The number of nitrogens with one attached hydrogen (secondary N) is 3. The number of aliphatic hydroxyl groups is 2. The van der Waals surface area contributed by atoms with Crippen molar-refractivity contribution in [1.29, 1.82) is 0 Å². The molecule has 0 aromatic carbocycles. The average Bonchev–Trinajstić information content (AvgIpc) is 3.08. The molecule has 0 unspecified atom stereocenters. The second-order valence-corrected chi connectivity index (χ2v) is 9.34. The molecule has 242 valence electrons. The summed E-state index contributed by atoms with van der Waals surface area (Å²) in [5.41, 5.74) is 15.0. The van der Waals surface area contributed by atoms with Crippen LogP contribution in [0.25, 0.3) is 0 Å². The molecule has 0 spiro atoms. The molecule has 2 amide bonds. The highest BCUT2D eigenvalue weighted by molar-refractivity contribution is 7.80. The molecular weight excluding hydrogens is 584 g/mol. The van der Waals surface area contributed by atoms with Crippen LogP contribution in [0.1, 0.15) is 65.7 Å². The number of pyridine rings is 2. The van der Waals surface area contributed by atoms with Gasteiger partial charge in [-0.05, 0) is 43.5 Å². The Morgan fingerprint density at radius 2 is 1.41 bits per heavy atom. The van der Waals surface area contributed by atoms with E-state index in [0.717, 1.165) is 43.6 Å². The van der Waals surface area contributed by atoms with Crippen LogP contribution in [0, 0.1) is 0 Å². The molecule has 3 rings (SSSR count). The van der Waals surface area contributed by atoms with Gasteiger partial charge in [-0.3, -0.25) is 30.0 Å². The van der Waals surface area contributed by atoms with Crippen molar-refractivity contribution >= 4 is 29.0 Å². The molecule has 0 aliphatic heterocycles. The van der Waals surface area contributed by atoms with Crippen molar-refractivity contribution < 1.29 is 19.8 Å². The van der Waals surface area contributed by atoms with E-state index in [4.69, 9.17) is 39.7 Å². The number of nitrogens with two attached hydrogens (primary N) is 3. The molecule has 2 atom stereocenters. The SMILES string of the molecule is CC[C@@H](CO)NCCN[C@@H](CC)CO.CCc1cc(C(N)=S)ccn1.NC(=O)c1cnccn1.NNC(=O)c1ccncc1. The molecule has 14 nitrogen and oxygen atoms in total. The number of nitrogens with zero attached hydrogens (tertiary/aromatic N) is 4. The van der Waals surface area contributed by atoms with Gasteiger partial charge >= 0.3 is 0 Å². The Bertz CT molecular complexity index is 1170. The van der Waals surface area contributed by atoms with E-state index in [2.05, 4.69) is 30.6 Å². The van der Waals surface area contributed by atoms with Crippen LogP contribution < -0.4 is 33.4 Å². The molecule has 15 heteroatoms. The van der Waals surface area contributed by atoms with Gasteiger partial charge in [0.15, 0.2) is 0 Å². The minimum Gasteiger partial charge on any atom is -0.395 e. The van der Waals surface area contributed by atoms with Crippen LogP contribution in [0.15, 0.2) is 61.4 Å². The minimum atomic E-state index is -0.553. The standard InChI is InChI=1S/C10H24N2O2.C8H10N2S.C6H7N3O.C5H5N3O/c1-3-9(7-13)11-5-6-12-10(4-2)8-14;1-2-7-5-6(8(9)11)3-4-10-7;7-9-6(10)5-1-3-8-4-2-5;6-5(9)4-3-7-1-2-8-4/h9-14H,3-8H2,1-2H3;3-5H,2H2,1H3,(H2,9,11);1-4H,7H2,(H,9,10);1-3H,(H2,6,9)/t9-,10-;;;/m0.../s1. The maximum absolute atomic E-state index is 10.7. The van der Waals surface area contributed by atoms with Gasteiger partial charge in [-0.2, -0.15) is 0 Å². The molecule has 0 aliphatic rings. The van der Waals surface area contributed by atoms with E-state index in [1.54, 1.807) is 18.3 Å². The van der Waals surface area contributed by atoms with Gasteiger partial charge in [-0.25, -0.2) is 10.8 Å². The zero-order chi connectivity index (χ0) is 33.2. The Labute approximate surface area is 264 Å². The molecule has 3 aromatic rings. The first-order chi connectivity index (χ1) is 21.2. The van der Waals surface area contributed by atoms with Gasteiger partial charge in [0.1, 0.15) is 10.7 Å². The number of carbonyl (C=O) groups is 2. The van der Waals surface area contributed by atoms with E-state index in [1.165, 1.54) is 31.0 Å². The second-order valence-electron chi connectivity index (χ2n) is 8.90. The van der Waals surface area contributed by atoms with Gasteiger partial charge in [0.2, 0.25) is 0 Å². The third-order valence-electron chi connectivity index (χ3n) is 5.77. The van der Waals surface area contributed by atoms with Crippen LogP contribution in [0.5, 0.6) is 0 Å². The van der Waals surface area contributed by atoms with E-state index in [9.17, 15) is 9.59 Å². The summed E-state index contributed by atoms with van der Waals surface area (Å²) >= 11 is 4.82. The van der Waals surface area contributed by atoms with Crippen LogP contribution in [0.3, 0.4) is 0 Å².